The molecule has 0 bridgehead atoms. The minimum absolute atomic E-state index is 0.0645. The molecule has 1 heterocycles. The molecule has 4 rings (SSSR count). The second kappa shape index (κ2) is 12.0. The van der Waals surface area contributed by atoms with E-state index >= 15 is 0 Å². The molecule has 9 heteroatoms. The zero-order chi connectivity index (χ0) is 26.4. The number of ether oxygens (including phenoxy) is 2. The van der Waals surface area contributed by atoms with Crippen LogP contribution in [0.3, 0.4) is 0 Å². The van der Waals surface area contributed by atoms with Gasteiger partial charge in [-0.25, -0.2) is 0 Å². The first-order chi connectivity index (χ1) is 17.9. The van der Waals surface area contributed by atoms with Crippen LogP contribution in [0.5, 0.6) is 11.5 Å². The summed E-state index contributed by atoms with van der Waals surface area (Å²) < 4.78 is 11.9. The van der Waals surface area contributed by atoms with Crippen molar-refractivity contribution in [1.82, 2.24) is 15.5 Å². The Morgan fingerprint density at radius 1 is 1.11 bits per heavy atom. The van der Waals surface area contributed by atoms with Gasteiger partial charge in [0, 0.05) is 53.8 Å². The lowest BCUT2D eigenvalue weighted by atomic mass is 9.81. The van der Waals surface area contributed by atoms with Crippen molar-refractivity contribution >= 4 is 39.2 Å². The molecule has 3 aromatic rings. The number of nitrogens with one attached hydrogen (secondary N) is 2. The number of likely N-dealkylation sites (tertiary alicyclic amines) is 1. The maximum atomic E-state index is 12.8. The fourth-order valence-electron chi connectivity index (χ4n) is 4.88. The summed E-state index contributed by atoms with van der Waals surface area (Å²) in [5.74, 6) is 0.969. The Kier molecular flexibility index (Phi) is 8.81. The topological polar surface area (TPSA) is 83.1 Å². The van der Waals surface area contributed by atoms with Gasteiger partial charge in [-0.3, -0.25) is 15.0 Å². The number of aliphatic hydroxyl groups excluding tert-OH is 1. The standard InChI is InChI=1S/C28H30BrN3O4S/c1-35-24-12-11-20(25(14-24)36-2)15-32-16-22(17-33)28(18-32,21-9-6-10-23(29)13-21)31-27(37)30-26(34)19-7-4-3-5-8-19/h3-14,22,33H,15-18H2,1-2H3,(H2,30,31,34,37)/t22-,28+/m1/s1. The summed E-state index contributed by atoms with van der Waals surface area (Å²) in [6.07, 6.45) is 0. The first kappa shape index (κ1) is 27.1. The number of hydrogen-bond acceptors (Lipinski definition) is 6. The van der Waals surface area contributed by atoms with E-state index in [-0.39, 0.29) is 23.5 Å². The zero-order valence-electron chi connectivity index (χ0n) is 20.7. The maximum absolute atomic E-state index is 12.8. The van der Waals surface area contributed by atoms with E-state index in [4.69, 9.17) is 21.7 Å². The number of benzene rings is 3. The number of carbonyl (C=O) groups is 1. The molecule has 1 fully saturated rings. The highest BCUT2D eigenvalue weighted by Gasteiger charge is 2.48. The second-order valence-electron chi connectivity index (χ2n) is 8.98. The van der Waals surface area contributed by atoms with Gasteiger partial charge in [0.05, 0.1) is 19.8 Å². The van der Waals surface area contributed by atoms with Crippen LogP contribution in [0.1, 0.15) is 21.5 Å². The van der Waals surface area contributed by atoms with Crippen LogP contribution in [0.2, 0.25) is 0 Å². The summed E-state index contributed by atoms with van der Waals surface area (Å²) in [6, 6.07) is 22.6. The van der Waals surface area contributed by atoms with Crippen molar-refractivity contribution in [3.63, 3.8) is 0 Å². The zero-order valence-corrected chi connectivity index (χ0v) is 23.1. The average molecular weight is 585 g/mol. The molecule has 0 saturated carbocycles. The number of carbonyl (C=O) groups excluding carboxylic acids is 1. The third kappa shape index (κ3) is 6.13. The van der Waals surface area contributed by atoms with Gasteiger partial charge in [0.1, 0.15) is 11.5 Å². The van der Waals surface area contributed by atoms with Gasteiger partial charge in [0.2, 0.25) is 0 Å². The molecule has 1 aliphatic rings. The predicted molar refractivity (Wildman–Crippen MR) is 151 cm³/mol. The molecule has 0 aromatic heterocycles. The highest BCUT2D eigenvalue weighted by atomic mass is 79.9. The number of thiocarbonyl (C=S) groups is 1. The Bertz CT molecular complexity index is 1260. The van der Waals surface area contributed by atoms with Crippen LogP contribution in [-0.2, 0) is 12.1 Å². The highest BCUT2D eigenvalue weighted by Crippen LogP contribution is 2.39. The van der Waals surface area contributed by atoms with Gasteiger partial charge in [-0.1, -0.05) is 52.3 Å². The molecule has 7 nitrogen and oxygen atoms in total. The molecule has 3 N–H and O–H groups in total. The van der Waals surface area contributed by atoms with Gasteiger partial charge in [0.25, 0.3) is 5.91 Å². The molecule has 37 heavy (non-hydrogen) atoms. The Labute approximate surface area is 230 Å². The molecule has 1 aliphatic heterocycles. The van der Waals surface area contributed by atoms with Crippen LogP contribution in [0.4, 0.5) is 0 Å². The third-order valence-electron chi connectivity index (χ3n) is 6.70. The van der Waals surface area contributed by atoms with Crippen molar-refractivity contribution < 1.29 is 19.4 Å². The fourth-order valence-corrected chi connectivity index (χ4v) is 5.55. The molecular weight excluding hydrogens is 554 g/mol. The van der Waals surface area contributed by atoms with Crippen molar-refractivity contribution in [2.24, 2.45) is 5.92 Å². The molecule has 0 unspecified atom stereocenters. The average Bonchev–Trinajstić information content (AvgIpc) is 3.26. The van der Waals surface area contributed by atoms with E-state index in [0.29, 0.717) is 25.2 Å². The lowest BCUT2D eigenvalue weighted by Crippen LogP contribution is -2.56. The van der Waals surface area contributed by atoms with E-state index in [0.717, 1.165) is 27.1 Å². The van der Waals surface area contributed by atoms with E-state index in [1.54, 1.807) is 38.5 Å². The van der Waals surface area contributed by atoms with Crippen LogP contribution >= 0.6 is 28.1 Å². The summed E-state index contributed by atoms with van der Waals surface area (Å²) in [7, 11) is 3.26. The van der Waals surface area contributed by atoms with Crippen molar-refractivity contribution in [3.8, 4) is 11.5 Å². The monoisotopic (exact) mass is 583 g/mol. The number of amides is 1. The van der Waals surface area contributed by atoms with Crippen molar-refractivity contribution in [3.05, 3.63) is 94.0 Å². The summed E-state index contributed by atoms with van der Waals surface area (Å²) in [4.78, 5) is 15.0. The Morgan fingerprint density at radius 2 is 1.89 bits per heavy atom. The van der Waals surface area contributed by atoms with Crippen LogP contribution < -0.4 is 20.1 Å². The Balaban J connectivity index is 1.62. The summed E-state index contributed by atoms with van der Waals surface area (Å²) >= 11 is 9.20. The van der Waals surface area contributed by atoms with E-state index in [9.17, 15) is 9.90 Å². The van der Waals surface area contributed by atoms with Crippen LogP contribution in [0.15, 0.2) is 77.3 Å². The number of halogens is 1. The summed E-state index contributed by atoms with van der Waals surface area (Å²) in [6.45, 7) is 1.70. The molecular formula is C28H30BrN3O4S. The minimum Gasteiger partial charge on any atom is -0.497 e. The molecule has 0 radical (unpaired) electrons. The number of rotatable bonds is 8. The molecule has 0 spiro atoms. The number of nitrogens with zero attached hydrogens (tertiary/aromatic N) is 1. The van der Waals surface area contributed by atoms with Gasteiger partial charge in [-0.2, -0.15) is 0 Å². The highest BCUT2D eigenvalue weighted by molar-refractivity contribution is 9.10. The van der Waals surface area contributed by atoms with E-state index in [1.165, 1.54) is 0 Å². The molecule has 194 valence electrons. The predicted octanol–water partition coefficient (Wildman–Crippen LogP) is 4.09. The smallest absolute Gasteiger partial charge is 0.257 e. The molecule has 3 aromatic carbocycles. The first-order valence-electron chi connectivity index (χ1n) is 11.9. The molecule has 2 atom stereocenters. The summed E-state index contributed by atoms with van der Waals surface area (Å²) in [5, 5.41) is 16.9. The lowest BCUT2D eigenvalue weighted by Gasteiger charge is -2.37. The van der Waals surface area contributed by atoms with Gasteiger partial charge in [-0.15, -0.1) is 0 Å². The number of hydrogen-bond donors (Lipinski definition) is 3. The van der Waals surface area contributed by atoms with Crippen molar-refractivity contribution in [2.45, 2.75) is 12.1 Å². The number of methoxy groups -OCH3 is 2. The Morgan fingerprint density at radius 3 is 2.57 bits per heavy atom. The van der Waals surface area contributed by atoms with Crippen molar-refractivity contribution in [1.29, 1.82) is 0 Å². The summed E-state index contributed by atoms with van der Waals surface area (Å²) in [5.41, 5.74) is 1.74. The normalized spacial score (nSPS) is 19.3. The minimum atomic E-state index is -0.737. The second-order valence-corrected chi connectivity index (χ2v) is 10.3. The van der Waals surface area contributed by atoms with Crippen molar-refractivity contribution in [2.75, 3.05) is 33.9 Å². The SMILES string of the molecule is COc1ccc(CN2C[C@H](CO)[C@@](NC(=S)NC(=O)c3ccccc3)(c3cccc(Br)c3)C2)c(OC)c1. The fraction of sp³-hybridized carbons (Fsp3) is 0.286. The van der Waals surface area contributed by atoms with E-state index in [1.807, 2.05) is 48.5 Å². The van der Waals surface area contributed by atoms with Gasteiger partial charge < -0.3 is 19.9 Å². The quantitative estimate of drug-likeness (QED) is 0.344. The molecule has 0 aliphatic carbocycles. The maximum Gasteiger partial charge on any atom is 0.257 e. The van der Waals surface area contributed by atoms with Gasteiger partial charge in [-0.05, 0) is 48.1 Å². The van der Waals surface area contributed by atoms with E-state index < -0.39 is 5.54 Å². The van der Waals surface area contributed by atoms with Crippen LogP contribution in [0, 0.1) is 5.92 Å². The first-order valence-corrected chi connectivity index (χ1v) is 13.1. The lowest BCUT2D eigenvalue weighted by molar-refractivity contribution is 0.0975. The largest absolute Gasteiger partial charge is 0.497 e. The number of aliphatic hydroxyl groups is 1. The van der Waals surface area contributed by atoms with Gasteiger partial charge in [0.15, 0.2) is 5.11 Å². The molecule has 1 saturated heterocycles. The van der Waals surface area contributed by atoms with Crippen LogP contribution in [-0.4, -0.2) is 54.9 Å². The van der Waals surface area contributed by atoms with Crippen LogP contribution in [0.25, 0.3) is 0 Å². The Hall–Kier alpha value is -2.98. The van der Waals surface area contributed by atoms with E-state index in [2.05, 4.69) is 31.5 Å². The molecule has 1 amide bonds. The van der Waals surface area contributed by atoms with Gasteiger partial charge >= 0.3 is 0 Å². The third-order valence-corrected chi connectivity index (χ3v) is 7.39.